The summed E-state index contributed by atoms with van der Waals surface area (Å²) < 4.78 is 0.344. The molecule has 0 rings (SSSR count). The topological polar surface area (TPSA) is 66.4 Å². The molecule has 0 bridgehead atoms. The van der Waals surface area contributed by atoms with Crippen molar-refractivity contribution in [3.05, 3.63) is 0 Å². The van der Waals surface area contributed by atoms with Crippen molar-refractivity contribution in [3.63, 3.8) is 0 Å². The van der Waals surface area contributed by atoms with E-state index >= 15 is 0 Å². The van der Waals surface area contributed by atoms with Crippen LogP contribution >= 0.6 is 22.6 Å². The van der Waals surface area contributed by atoms with Gasteiger partial charge in [0.2, 0.25) is 0 Å². The van der Waals surface area contributed by atoms with Gasteiger partial charge in [-0.3, -0.25) is 9.59 Å². The van der Waals surface area contributed by atoms with Crippen LogP contribution in [0, 0.1) is 0 Å². The van der Waals surface area contributed by atoms with E-state index in [4.69, 9.17) is 5.11 Å². The van der Waals surface area contributed by atoms with Gasteiger partial charge in [0.1, 0.15) is 0 Å². The number of alkyl halides is 1. The third-order valence-corrected chi connectivity index (χ3v) is 2.00. The summed E-state index contributed by atoms with van der Waals surface area (Å²) in [5.41, 5.74) is 0. The molecule has 11 heavy (non-hydrogen) atoms. The number of carbonyl (C=O) groups excluding carboxylic acids is 1. The minimum absolute atomic E-state index is 0.0736. The number of carboxylic acid groups (broad SMARTS) is 1. The number of halogens is 1. The van der Waals surface area contributed by atoms with Gasteiger partial charge in [0.25, 0.3) is 0 Å². The lowest BCUT2D eigenvalue weighted by Crippen LogP contribution is -2.36. The van der Waals surface area contributed by atoms with Crippen LogP contribution in [0.2, 0.25) is 0 Å². The SMILES string of the molecule is CNC(CC(=O)O)C(=O)CI. The highest BCUT2D eigenvalue weighted by Gasteiger charge is 2.17. The minimum atomic E-state index is -0.956. The molecule has 1 unspecified atom stereocenters. The van der Waals surface area contributed by atoms with Crippen LogP contribution in [-0.4, -0.2) is 34.4 Å². The van der Waals surface area contributed by atoms with Gasteiger partial charge in [0.15, 0.2) is 5.78 Å². The molecule has 0 spiro atoms. The molecule has 0 aromatic carbocycles. The van der Waals surface area contributed by atoms with Crippen molar-refractivity contribution < 1.29 is 14.7 Å². The van der Waals surface area contributed by atoms with Crippen LogP contribution in [0.5, 0.6) is 0 Å². The van der Waals surface area contributed by atoms with Gasteiger partial charge in [0, 0.05) is 0 Å². The Morgan fingerprint density at radius 3 is 2.45 bits per heavy atom. The number of rotatable bonds is 5. The molecule has 64 valence electrons. The minimum Gasteiger partial charge on any atom is -0.481 e. The standard InChI is InChI=1S/C6H10INO3/c1-8-4(2-6(10)11)5(9)3-7/h4,8H,2-3H2,1H3,(H,10,11). The summed E-state index contributed by atoms with van der Waals surface area (Å²) in [6.45, 7) is 0. The molecule has 0 saturated heterocycles. The summed E-state index contributed by atoms with van der Waals surface area (Å²) in [4.78, 5) is 21.1. The number of aliphatic carboxylic acids is 1. The van der Waals surface area contributed by atoms with E-state index in [1.54, 1.807) is 7.05 Å². The molecule has 0 aliphatic carbocycles. The Kier molecular flexibility index (Phi) is 5.39. The number of Topliss-reactive ketones (excluding diaryl/α,β-unsaturated/α-hetero) is 1. The van der Waals surface area contributed by atoms with Crippen LogP contribution in [0.25, 0.3) is 0 Å². The van der Waals surface area contributed by atoms with Crippen LogP contribution in [0.1, 0.15) is 6.42 Å². The Labute approximate surface area is 78.5 Å². The highest BCUT2D eigenvalue weighted by Crippen LogP contribution is 1.96. The number of ketones is 1. The summed E-state index contributed by atoms with van der Waals surface area (Å²) in [5, 5.41) is 11.0. The number of carboxylic acids is 1. The van der Waals surface area contributed by atoms with Gasteiger partial charge >= 0.3 is 5.97 Å². The molecule has 5 heteroatoms. The van der Waals surface area contributed by atoms with Gasteiger partial charge in [-0.05, 0) is 7.05 Å². The third-order valence-electron chi connectivity index (χ3n) is 1.25. The molecule has 0 aromatic heterocycles. The van der Waals surface area contributed by atoms with E-state index in [1.165, 1.54) is 0 Å². The number of hydrogen-bond donors (Lipinski definition) is 2. The van der Waals surface area contributed by atoms with Crippen molar-refractivity contribution in [2.75, 3.05) is 11.5 Å². The van der Waals surface area contributed by atoms with Crippen molar-refractivity contribution in [1.29, 1.82) is 0 Å². The fourth-order valence-electron chi connectivity index (χ4n) is 0.645. The van der Waals surface area contributed by atoms with Crippen molar-refractivity contribution in [1.82, 2.24) is 5.32 Å². The molecule has 0 saturated carbocycles. The van der Waals surface area contributed by atoms with E-state index in [-0.39, 0.29) is 12.2 Å². The first kappa shape index (κ1) is 10.8. The number of carbonyl (C=O) groups is 2. The Morgan fingerprint density at radius 1 is 1.64 bits per heavy atom. The Morgan fingerprint density at radius 2 is 2.18 bits per heavy atom. The van der Waals surface area contributed by atoms with Crippen molar-refractivity contribution in [2.24, 2.45) is 0 Å². The lowest BCUT2D eigenvalue weighted by Gasteiger charge is -2.09. The first-order chi connectivity index (χ1) is 5.11. The van der Waals surface area contributed by atoms with Crippen LogP contribution in [0.4, 0.5) is 0 Å². The quantitative estimate of drug-likeness (QED) is 0.548. The molecule has 1 atom stereocenters. The van der Waals surface area contributed by atoms with Crippen LogP contribution in [0.15, 0.2) is 0 Å². The van der Waals surface area contributed by atoms with Crippen LogP contribution in [0.3, 0.4) is 0 Å². The lowest BCUT2D eigenvalue weighted by atomic mass is 10.1. The van der Waals surface area contributed by atoms with Crippen molar-refractivity contribution >= 4 is 34.3 Å². The molecule has 0 aliphatic heterocycles. The van der Waals surface area contributed by atoms with E-state index in [0.29, 0.717) is 4.43 Å². The normalized spacial score (nSPS) is 12.5. The molecular weight excluding hydrogens is 261 g/mol. The molecule has 0 aromatic rings. The van der Waals surface area contributed by atoms with Gasteiger partial charge in [0.05, 0.1) is 16.9 Å². The predicted octanol–water partition coefficient (Wildman–Crippen LogP) is 0.0532. The fraction of sp³-hybridized carbons (Fsp3) is 0.667. The summed E-state index contributed by atoms with van der Waals surface area (Å²) in [7, 11) is 1.58. The van der Waals surface area contributed by atoms with E-state index in [1.807, 2.05) is 22.6 Å². The zero-order chi connectivity index (χ0) is 8.85. The van der Waals surface area contributed by atoms with Gasteiger partial charge in [-0.25, -0.2) is 0 Å². The van der Waals surface area contributed by atoms with E-state index in [2.05, 4.69) is 5.32 Å². The number of nitrogens with one attached hydrogen (secondary N) is 1. The maximum absolute atomic E-state index is 10.9. The fourth-order valence-corrected chi connectivity index (χ4v) is 1.18. The largest absolute Gasteiger partial charge is 0.481 e. The zero-order valence-electron chi connectivity index (χ0n) is 6.13. The van der Waals surface area contributed by atoms with Gasteiger partial charge in [-0.2, -0.15) is 0 Å². The number of likely N-dealkylation sites (N-methyl/N-ethyl adjacent to an activating group) is 1. The molecule has 0 aliphatic rings. The van der Waals surface area contributed by atoms with Gasteiger partial charge in [-0.15, -0.1) is 0 Å². The molecule has 0 fully saturated rings. The van der Waals surface area contributed by atoms with Crippen molar-refractivity contribution in [3.8, 4) is 0 Å². The predicted molar refractivity (Wildman–Crippen MR) is 49.0 cm³/mol. The van der Waals surface area contributed by atoms with E-state index in [9.17, 15) is 9.59 Å². The Balaban J connectivity index is 3.94. The molecular formula is C6H10INO3. The summed E-state index contributed by atoms with van der Waals surface area (Å²) in [6.07, 6.45) is -0.141. The van der Waals surface area contributed by atoms with Gasteiger partial charge < -0.3 is 10.4 Å². The van der Waals surface area contributed by atoms with Crippen LogP contribution < -0.4 is 5.32 Å². The van der Waals surface area contributed by atoms with Crippen molar-refractivity contribution in [2.45, 2.75) is 12.5 Å². The summed E-state index contributed by atoms with van der Waals surface area (Å²) >= 11 is 1.92. The average Bonchev–Trinajstić information content (AvgIpc) is 1.98. The van der Waals surface area contributed by atoms with Gasteiger partial charge in [-0.1, -0.05) is 22.6 Å². The number of hydrogen-bond acceptors (Lipinski definition) is 3. The molecule has 4 nitrogen and oxygen atoms in total. The monoisotopic (exact) mass is 271 g/mol. The maximum atomic E-state index is 10.9. The summed E-state index contributed by atoms with van der Waals surface area (Å²) in [5.74, 6) is -1.03. The summed E-state index contributed by atoms with van der Waals surface area (Å²) in [6, 6.07) is -0.538. The molecule has 2 N–H and O–H groups in total. The second kappa shape index (κ2) is 5.48. The maximum Gasteiger partial charge on any atom is 0.305 e. The van der Waals surface area contributed by atoms with Crippen LogP contribution in [-0.2, 0) is 9.59 Å². The van der Waals surface area contributed by atoms with E-state index < -0.39 is 12.0 Å². The second-order valence-corrected chi connectivity index (χ2v) is 2.80. The molecule has 0 heterocycles. The first-order valence-corrected chi connectivity index (χ1v) is 4.62. The highest BCUT2D eigenvalue weighted by molar-refractivity contribution is 14.1. The Hall–Kier alpha value is -0.170. The smallest absolute Gasteiger partial charge is 0.305 e. The lowest BCUT2D eigenvalue weighted by molar-refractivity contribution is -0.139. The first-order valence-electron chi connectivity index (χ1n) is 3.09. The molecule has 0 radical (unpaired) electrons. The third kappa shape index (κ3) is 4.31. The zero-order valence-corrected chi connectivity index (χ0v) is 8.29. The second-order valence-electron chi connectivity index (χ2n) is 2.04. The highest BCUT2D eigenvalue weighted by atomic mass is 127. The van der Waals surface area contributed by atoms with E-state index in [0.717, 1.165) is 0 Å². The molecule has 0 amide bonds. The Bertz CT molecular complexity index is 160. The average molecular weight is 271 g/mol.